The molecular weight excluding hydrogens is 442 g/mol. The second kappa shape index (κ2) is 9.12. The first kappa shape index (κ1) is 20.7. The molecule has 0 spiro atoms. The monoisotopic (exact) mass is 463 g/mol. The molecule has 0 fully saturated rings. The molecule has 0 atom stereocenters. The van der Waals surface area contributed by atoms with Crippen molar-refractivity contribution < 1.29 is 9.15 Å². The van der Waals surface area contributed by atoms with Crippen molar-refractivity contribution in [2.24, 2.45) is 0 Å². The minimum absolute atomic E-state index is 0.108. The van der Waals surface area contributed by atoms with Gasteiger partial charge in [-0.3, -0.25) is 9.69 Å². The van der Waals surface area contributed by atoms with E-state index in [0.717, 1.165) is 28.5 Å². The lowest BCUT2D eigenvalue weighted by Crippen LogP contribution is -2.24. The van der Waals surface area contributed by atoms with Gasteiger partial charge in [0.15, 0.2) is 0 Å². The molecule has 0 saturated heterocycles. The fraction of sp³-hybridized carbons (Fsp3) is 0.167. The maximum absolute atomic E-state index is 12.8. The maximum Gasteiger partial charge on any atom is 0.268 e. The highest BCUT2D eigenvalue weighted by molar-refractivity contribution is 7.22. The van der Waals surface area contributed by atoms with Gasteiger partial charge in [0, 0.05) is 16.3 Å². The van der Waals surface area contributed by atoms with Crippen molar-refractivity contribution in [1.82, 2.24) is 14.9 Å². The van der Waals surface area contributed by atoms with Crippen LogP contribution < -0.4 is 10.3 Å². The van der Waals surface area contributed by atoms with Crippen LogP contribution in [0.15, 0.2) is 75.5 Å². The first-order chi connectivity index (χ1) is 15.7. The molecule has 1 aromatic carbocycles. The van der Waals surface area contributed by atoms with Crippen LogP contribution in [-0.4, -0.2) is 22.0 Å². The molecule has 5 rings (SSSR count). The van der Waals surface area contributed by atoms with Crippen LogP contribution in [0.3, 0.4) is 0 Å². The Balaban J connectivity index is 1.43. The van der Waals surface area contributed by atoms with Crippen LogP contribution in [0.1, 0.15) is 16.5 Å². The summed E-state index contributed by atoms with van der Waals surface area (Å²) in [6.07, 6.45) is 1.68. The lowest BCUT2D eigenvalue weighted by atomic mass is 10.2. The van der Waals surface area contributed by atoms with Gasteiger partial charge in [-0.15, -0.1) is 22.7 Å². The van der Waals surface area contributed by atoms with Gasteiger partial charge in [-0.1, -0.05) is 6.07 Å². The highest BCUT2D eigenvalue weighted by atomic mass is 32.1. The molecule has 4 aromatic heterocycles. The number of nitrogens with zero attached hydrogens (tertiary/aromatic N) is 2. The van der Waals surface area contributed by atoms with E-state index in [1.54, 1.807) is 24.7 Å². The number of hydrogen-bond donors (Lipinski definition) is 1. The Kier molecular flexibility index (Phi) is 5.89. The Morgan fingerprint density at radius 3 is 2.69 bits per heavy atom. The number of benzene rings is 1. The third kappa shape index (κ3) is 4.52. The summed E-state index contributed by atoms with van der Waals surface area (Å²) in [6, 6.07) is 17.8. The second-order valence-corrected chi connectivity index (χ2v) is 9.45. The molecule has 6 nitrogen and oxygen atoms in total. The molecule has 162 valence electrons. The van der Waals surface area contributed by atoms with Gasteiger partial charge < -0.3 is 14.1 Å². The standard InChI is InChI=1S/C24H21N3O3S2/c1-29-17-8-6-16(7-9-17)21-12-20-23(32-21)24(28)26-22(25-20)15-27(13-18-4-2-10-30-18)14-19-5-3-11-31-19/h2-12H,13-15H2,1H3,(H,25,26,28). The third-order valence-corrected chi connectivity index (χ3v) is 7.13. The summed E-state index contributed by atoms with van der Waals surface area (Å²) in [4.78, 5) is 25.0. The van der Waals surface area contributed by atoms with Gasteiger partial charge in [0.25, 0.3) is 5.56 Å². The van der Waals surface area contributed by atoms with Crippen molar-refractivity contribution in [2.45, 2.75) is 19.6 Å². The SMILES string of the molecule is COc1ccc(-c2cc3nc(CN(Cc4ccco4)Cc4cccs4)[nH]c(=O)c3s2)cc1. The number of hydrogen-bond acceptors (Lipinski definition) is 7. The summed E-state index contributed by atoms with van der Waals surface area (Å²) in [5.41, 5.74) is 1.64. The number of thiophene rings is 2. The van der Waals surface area contributed by atoms with Crippen molar-refractivity contribution in [2.75, 3.05) is 7.11 Å². The number of ether oxygens (including phenoxy) is 1. The number of aromatic amines is 1. The number of methoxy groups -OCH3 is 1. The van der Waals surface area contributed by atoms with Crippen molar-refractivity contribution in [3.05, 3.63) is 93.1 Å². The lowest BCUT2D eigenvalue weighted by molar-refractivity contribution is 0.223. The van der Waals surface area contributed by atoms with Crippen LogP contribution in [-0.2, 0) is 19.6 Å². The predicted octanol–water partition coefficient (Wildman–Crippen LogP) is 5.52. The molecule has 0 saturated carbocycles. The number of H-pyrrole nitrogens is 1. The van der Waals surface area contributed by atoms with E-state index in [4.69, 9.17) is 14.1 Å². The summed E-state index contributed by atoms with van der Waals surface area (Å²) in [5.74, 6) is 2.32. The molecule has 0 unspecified atom stereocenters. The topological polar surface area (TPSA) is 71.4 Å². The van der Waals surface area contributed by atoms with E-state index in [0.29, 0.717) is 29.1 Å². The highest BCUT2D eigenvalue weighted by Crippen LogP contribution is 2.32. The van der Waals surface area contributed by atoms with Gasteiger partial charge in [0.2, 0.25) is 0 Å². The van der Waals surface area contributed by atoms with Gasteiger partial charge >= 0.3 is 0 Å². The summed E-state index contributed by atoms with van der Waals surface area (Å²) < 4.78 is 11.4. The van der Waals surface area contributed by atoms with Gasteiger partial charge in [0.05, 0.1) is 32.0 Å². The first-order valence-electron chi connectivity index (χ1n) is 10.1. The molecule has 0 amide bonds. The van der Waals surface area contributed by atoms with Crippen LogP contribution in [0, 0.1) is 0 Å². The van der Waals surface area contributed by atoms with Gasteiger partial charge in [-0.05, 0) is 59.5 Å². The molecule has 0 aliphatic rings. The number of nitrogens with one attached hydrogen (secondary N) is 1. The summed E-state index contributed by atoms with van der Waals surface area (Å²) in [7, 11) is 1.65. The average Bonchev–Trinajstić information content (AvgIpc) is 3.56. The first-order valence-corrected chi connectivity index (χ1v) is 11.8. The Morgan fingerprint density at radius 2 is 1.97 bits per heavy atom. The van der Waals surface area contributed by atoms with E-state index in [-0.39, 0.29) is 5.56 Å². The molecule has 1 N–H and O–H groups in total. The number of furan rings is 1. The van der Waals surface area contributed by atoms with Crippen LogP contribution in [0.5, 0.6) is 5.75 Å². The maximum atomic E-state index is 12.8. The van der Waals surface area contributed by atoms with Crippen LogP contribution in [0.2, 0.25) is 0 Å². The second-order valence-electron chi connectivity index (χ2n) is 7.37. The summed E-state index contributed by atoms with van der Waals surface area (Å²) in [5, 5.41) is 2.07. The zero-order chi connectivity index (χ0) is 21.9. The van der Waals surface area contributed by atoms with Crippen molar-refractivity contribution in [3.8, 4) is 16.2 Å². The van der Waals surface area contributed by atoms with Crippen LogP contribution in [0.25, 0.3) is 20.7 Å². The molecule has 0 bridgehead atoms. The molecule has 0 aliphatic heterocycles. The number of rotatable bonds is 8. The predicted molar refractivity (Wildman–Crippen MR) is 128 cm³/mol. The largest absolute Gasteiger partial charge is 0.497 e. The smallest absolute Gasteiger partial charge is 0.268 e. The van der Waals surface area contributed by atoms with Gasteiger partial charge in [-0.2, -0.15) is 0 Å². The highest BCUT2D eigenvalue weighted by Gasteiger charge is 2.15. The third-order valence-electron chi connectivity index (χ3n) is 5.10. The van der Waals surface area contributed by atoms with E-state index < -0.39 is 0 Å². The van der Waals surface area contributed by atoms with Gasteiger partial charge in [0.1, 0.15) is 22.0 Å². The van der Waals surface area contributed by atoms with Crippen LogP contribution >= 0.6 is 22.7 Å². The molecule has 4 heterocycles. The van der Waals surface area contributed by atoms with E-state index in [1.165, 1.54) is 16.2 Å². The van der Waals surface area contributed by atoms with E-state index >= 15 is 0 Å². The summed E-state index contributed by atoms with van der Waals surface area (Å²) >= 11 is 3.16. The lowest BCUT2D eigenvalue weighted by Gasteiger charge is -2.19. The Morgan fingerprint density at radius 1 is 1.09 bits per heavy atom. The normalized spacial score (nSPS) is 11.4. The van der Waals surface area contributed by atoms with Crippen molar-refractivity contribution in [1.29, 1.82) is 0 Å². The molecule has 0 aliphatic carbocycles. The summed E-state index contributed by atoms with van der Waals surface area (Å²) in [6.45, 7) is 1.89. The molecule has 8 heteroatoms. The fourth-order valence-corrected chi connectivity index (χ4v) is 5.33. The quantitative estimate of drug-likeness (QED) is 0.328. The molecule has 0 radical (unpaired) electrons. The van der Waals surface area contributed by atoms with Crippen LogP contribution in [0.4, 0.5) is 0 Å². The molecule has 32 heavy (non-hydrogen) atoms. The Bertz CT molecular complexity index is 1320. The molecular formula is C24H21N3O3S2. The minimum atomic E-state index is -0.108. The number of fused-ring (bicyclic) bond motifs is 1. The van der Waals surface area contributed by atoms with E-state index in [9.17, 15) is 4.79 Å². The fourth-order valence-electron chi connectivity index (χ4n) is 3.59. The number of aromatic nitrogens is 2. The Labute approximate surface area is 192 Å². The molecule has 5 aromatic rings. The van der Waals surface area contributed by atoms with Crippen molar-refractivity contribution in [3.63, 3.8) is 0 Å². The zero-order valence-corrected chi connectivity index (χ0v) is 19.0. The average molecular weight is 464 g/mol. The van der Waals surface area contributed by atoms with Gasteiger partial charge in [-0.25, -0.2) is 4.98 Å². The van der Waals surface area contributed by atoms with E-state index in [2.05, 4.69) is 21.3 Å². The Hall–Kier alpha value is -3.20. The van der Waals surface area contributed by atoms with E-state index in [1.807, 2.05) is 48.5 Å². The zero-order valence-electron chi connectivity index (χ0n) is 17.4. The minimum Gasteiger partial charge on any atom is -0.497 e. The van der Waals surface area contributed by atoms with Crippen molar-refractivity contribution >= 4 is 32.9 Å².